The second kappa shape index (κ2) is 13.0. The molecule has 0 saturated heterocycles. The topological polar surface area (TPSA) is 119 Å². The summed E-state index contributed by atoms with van der Waals surface area (Å²) in [4.78, 5) is 26.1. The maximum atomic E-state index is 13.1. The SMILES string of the molecule is CC(C)[C@@H](N(CC(=O)O)C[C@H](Cc1ccccc1)NC(=O)OCC1c2ccccc2-c2ccccc21)S(=O)[O-]. The first kappa shape index (κ1) is 28.5. The zero-order valence-electron chi connectivity index (χ0n) is 22.0. The Labute approximate surface area is 231 Å². The molecular weight excluding hydrogens is 516 g/mol. The molecule has 1 amide bonds. The quantitative estimate of drug-likeness (QED) is 0.322. The number of carboxylic acid groups (broad SMARTS) is 1. The number of aliphatic carboxylic acids is 1. The summed E-state index contributed by atoms with van der Waals surface area (Å²) < 4.78 is 29.8. The smallest absolute Gasteiger partial charge is 0.407 e. The predicted molar refractivity (Wildman–Crippen MR) is 149 cm³/mol. The van der Waals surface area contributed by atoms with Crippen molar-refractivity contribution >= 4 is 23.1 Å². The molecule has 0 aliphatic heterocycles. The molecule has 0 saturated carbocycles. The normalized spacial score (nSPS) is 14.9. The Bertz CT molecular complexity index is 1270. The largest absolute Gasteiger partial charge is 0.771 e. The van der Waals surface area contributed by atoms with Crippen molar-refractivity contribution in [3.63, 3.8) is 0 Å². The Morgan fingerprint density at radius 2 is 1.54 bits per heavy atom. The van der Waals surface area contributed by atoms with Crippen LogP contribution in [0.15, 0.2) is 78.9 Å². The summed E-state index contributed by atoms with van der Waals surface area (Å²) in [5.41, 5.74) is 5.36. The van der Waals surface area contributed by atoms with Crippen molar-refractivity contribution in [2.75, 3.05) is 19.7 Å². The third-order valence-electron chi connectivity index (χ3n) is 6.91. The van der Waals surface area contributed by atoms with E-state index < -0.39 is 41.1 Å². The Morgan fingerprint density at radius 3 is 2.08 bits per heavy atom. The minimum atomic E-state index is -2.53. The fourth-order valence-corrected chi connectivity index (χ4v) is 6.20. The molecule has 0 aromatic heterocycles. The first-order valence-corrected chi connectivity index (χ1v) is 14.1. The summed E-state index contributed by atoms with van der Waals surface area (Å²) in [5, 5.41) is 11.3. The third kappa shape index (κ3) is 7.11. The Hall–Kier alpha value is -3.53. The number of alkyl carbamates (subject to hydrolysis) is 1. The molecule has 1 unspecified atom stereocenters. The summed E-state index contributed by atoms with van der Waals surface area (Å²) in [7, 11) is 0. The van der Waals surface area contributed by atoms with Crippen molar-refractivity contribution in [2.24, 2.45) is 5.92 Å². The highest BCUT2D eigenvalue weighted by Gasteiger charge is 2.31. The Morgan fingerprint density at radius 1 is 0.974 bits per heavy atom. The van der Waals surface area contributed by atoms with Crippen molar-refractivity contribution in [1.29, 1.82) is 0 Å². The van der Waals surface area contributed by atoms with Gasteiger partial charge in [-0.25, -0.2) is 4.79 Å². The number of amides is 1. The van der Waals surface area contributed by atoms with Crippen LogP contribution in [0.25, 0.3) is 11.1 Å². The molecule has 4 rings (SSSR count). The number of carbonyl (C=O) groups is 2. The number of hydrogen-bond donors (Lipinski definition) is 2. The van der Waals surface area contributed by atoms with Crippen LogP contribution in [0.2, 0.25) is 0 Å². The van der Waals surface area contributed by atoms with E-state index in [2.05, 4.69) is 17.4 Å². The molecule has 0 radical (unpaired) electrons. The summed E-state index contributed by atoms with van der Waals surface area (Å²) >= 11 is -2.53. The van der Waals surface area contributed by atoms with Gasteiger partial charge in [-0.1, -0.05) is 92.7 Å². The van der Waals surface area contributed by atoms with Crippen LogP contribution in [-0.4, -0.2) is 61.9 Å². The van der Waals surface area contributed by atoms with E-state index >= 15 is 0 Å². The van der Waals surface area contributed by atoms with Gasteiger partial charge < -0.3 is 19.7 Å². The maximum Gasteiger partial charge on any atom is 0.407 e. The van der Waals surface area contributed by atoms with Crippen LogP contribution in [0.3, 0.4) is 0 Å². The van der Waals surface area contributed by atoms with Crippen molar-refractivity contribution in [1.82, 2.24) is 10.2 Å². The number of hydrogen-bond acceptors (Lipinski definition) is 6. The average Bonchev–Trinajstić information content (AvgIpc) is 3.21. The van der Waals surface area contributed by atoms with Gasteiger partial charge in [-0.3, -0.25) is 13.9 Å². The minimum Gasteiger partial charge on any atom is -0.771 e. The van der Waals surface area contributed by atoms with Gasteiger partial charge in [-0.2, -0.15) is 0 Å². The van der Waals surface area contributed by atoms with E-state index in [1.165, 1.54) is 4.90 Å². The first-order chi connectivity index (χ1) is 18.7. The lowest BCUT2D eigenvalue weighted by atomic mass is 9.98. The number of carboxylic acids is 1. The summed E-state index contributed by atoms with van der Waals surface area (Å²) in [6, 6.07) is 25.0. The lowest BCUT2D eigenvalue weighted by Crippen LogP contribution is -2.52. The van der Waals surface area contributed by atoms with Crippen LogP contribution >= 0.6 is 0 Å². The fraction of sp³-hybridized carbons (Fsp3) is 0.333. The zero-order chi connectivity index (χ0) is 27.9. The summed E-state index contributed by atoms with van der Waals surface area (Å²) in [6.45, 7) is 3.12. The third-order valence-corrected chi connectivity index (χ3v) is 8.15. The van der Waals surface area contributed by atoms with Gasteiger partial charge in [-0.15, -0.1) is 0 Å². The van der Waals surface area contributed by atoms with E-state index in [0.29, 0.717) is 6.42 Å². The number of benzene rings is 3. The van der Waals surface area contributed by atoms with Crippen LogP contribution in [0.5, 0.6) is 0 Å². The van der Waals surface area contributed by atoms with E-state index in [1.807, 2.05) is 66.7 Å². The fourth-order valence-electron chi connectivity index (χ4n) is 5.35. The number of nitrogens with one attached hydrogen (secondary N) is 1. The monoisotopic (exact) mass is 549 g/mol. The van der Waals surface area contributed by atoms with E-state index in [9.17, 15) is 23.5 Å². The molecule has 3 aromatic carbocycles. The molecule has 9 heteroatoms. The molecule has 1 aliphatic carbocycles. The molecule has 0 spiro atoms. The highest BCUT2D eigenvalue weighted by molar-refractivity contribution is 7.79. The van der Waals surface area contributed by atoms with Crippen LogP contribution < -0.4 is 5.32 Å². The van der Waals surface area contributed by atoms with E-state index in [-0.39, 0.29) is 25.0 Å². The van der Waals surface area contributed by atoms with E-state index in [4.69, 9.17) is 4.74 Å². The molecule has 39 heavy (non-hydrogen) atoms. The molecular formula is C30H33N2O6S-. The lowest BCUT2D eigenvalue weighted by molar-refractivity contribution is -0.138. The number of nitrogens with zero attached hydrogens (tertiary/aromatic N) is 1. The molecule has 0 bridgehead atoms. The molecule has 206 valence electrons. The number of fused-ring (bicyclic) bond motifs is 3. The highest BCUT2D eigenvalue weighted by Crippen LogP contribution is 2.44. The minimum absolute atomic E-state index is 0.0161. The van der Waals surface area contributed by atoms with Crippen molar-refractivity contribution < 1.29 is 28.2 Å². The van der Waals surface area contributed by atoms with Gasteiger partial charge in [0, 0.05) is 18.5 Å². The molecule has 8 nitrogen and oxygen atoms in total. The summed E-state index contributed by atoms with van der Waals surface area (Å²) in [5.74, 6) is -1.60. The van der Waals surface area contributed by atoms with Crippen molar-refractivity contribution in [3.05, 3.63) is 95.6 Å². The van der Waals surface area contributed by atoms with Crippen LogP contribution in [-0.2, 0) is 27.0 Å². The maximum absolute atomic E-state index is 13.1. The van der Waals surface area contributed by atoms with Gasteiger partial charge >= 0.3 is 12.1 Å². The van der Waals surface area contributed by atoms with E-state index in [1.54, 1.807) is 13.8 Å². The standard InChI is InChI=1S/C30H34N2O6S/c1-20(2)29(39(36)37)32(18-28(33)34)17-22(16-21-10-4-3-5-11-21)31-30(35)38-19-27-25-14-8-6-12-23(25)24-13-7-9-15-26(24)27/h3-15,20,22,27,29H,16-19H2,1-2H3,(H,31,35)(H,33,34)(H,36,37)/p-1/t22-,29-/m0/s1. The number of ether oxygens (including phenoxy) is 1. The Balaban J connectivity index is 1.51. The zero-order valence-corrected chi connectivity index (χ0v) is 22.8. The Kier molecular flexibility index (Phi) is 9.50. The van der Waals surface area contributed by atoms with Gasteiger partial charge in [-0.05, 0) is 51.2 Å². The molecule has 0 heterocycles. The molecule has 1 aliphatic rings. The average molecular weight is 550 g/mol. The lowest BCUT2D eigenvalue weighted by Gasteiger charge is -2.37. The van der Waals surface area contributed by atoms with Crippen molar-refractivity contribution in [2.45, 2.75) is 37.6 Å². The second-order valence-electron chi connectivity index (χ2n) is 10.1. The molecule has 3 aromatic rings. The molecule has 2 N–H and O–H groups in total. The molecule has 3 atom stereocenters. The summed E-state index contributed by atoms with van der Waals surface area (Å²) in [6.07, 6.45) is -0.269. The van der Waals surface area contributed by atoms with E-state index in [0.717, 1.165) is 27.8 Å². The highest BCUT2D eigenvalue weighted by atomic mass is 32.2. The number of carbonyl (C=O) groups excluding carboxylic acids is 1. The predicted octanol–water partition coefficient (Wildman–Crippen LogP) is 4.38. The van der Waals surface area contributed by atoms with Gasteiger partial charge in [0.05, 0.1) is 11.9 Å². The first-order valence-electron chi connectivity index (χ1n) is 12.9. The van der Waals surface area contributed by atoms with Crippen LogP contribution in [0, 0.1) is 5.92 Å². The van der Waals surface area contributed by atoms with Gasteiger partial charge in [0.25, 0.3) is 0 Å². The van der Waals surface area contributed by atoms with Gasteiger partial charge in [0.1, 0.15) is 6.61 Å². The van der Waals surface area contributed by atoms with Crippen LogP contribution in [0.4, 0.5) is 4.79 Å². The van der Waals surface area contributed by atoms with Gasteiger partial charge in [0.15, 0.2) is 0 Å². The molecule has 0 fully saturated rings. The number of rotatable bonds is 12. The van der Waals surface area contributed by atoms with Crippen LogP contribution in [0.1, 0.15) is 36.5 Å². The van der Waals surface area contributed by atoms with Gasteiger partial charge in [0.2, 0.25) is 0 Å². The second-order valence-corrected chi connectivity index (χ2v) is 11.1. The van der Waals surface area contributed by atoms with Crippen molar-refractivity contribution in [3.8, 4) is 11.1 Å².